The van der Waals surface area contributed by atoms with E-state index in [1.165, 1.54) is 5.56 Å². The molecule has 0 bridgehead atoms. The van der Waals surface area contributed by atoms with Crippen LogP contribution in [-0.4, -0.2) is 24.0 Å². The van der Waals surface area contributed by atoms with Crippen LogP contribution >= 0.6 is 24.8 Å². The molecule has 1 fully saturated rings. The second-order valence-electron chi connectivity index (χ2n) is 7.09. The monoisotopic (exact) mass is 387 g/mol. The first-order valence-electron chi connectivity index (χ1n) is 9.02. The van der Waals surface area contributed by atoms with E-state index < -0.39 is 0 Å². The zero-order chi connectivity index (χ0) is 16.4. The molecule has 2 unspecified atom stereocenters. The second-order valence-corrected chi connectivity index (χ2v) is 7.09. The van der Waals surface area contributed by atoms with E-state index in [0.717, 1.165) is 37.8 Å². The van der Waals surface area contributed by atoms with Crippen molar-refractivity contribution >= 4 is 36.4 Å². The highest BCUT2D eigenvalue weighted by Gasteiger charge is 2.34. The predicted molar refractivity (Wildman–Crippen MR) is 109 cm³/mol. The molecular weight excluding hydrogens is 357 g/mol. The Balaban J connectivity index is 0.00000156. The molecule has 1 aliphatic heterocycles. The molecule has 1 aliphatic carbocycles. The molecule has 0 aromatic heterocycles. The van der Waals surface area contributed by atoms with E-state index in [2.05, 4.69) is 30.4 Å². The third-order valence-electron chi connectivity index (χ3n) is 5.37. The summed E-state index contributed by atoms with van der Waals surface area (Å²) in [4.78, 5) is 14.4. The Kier molecular flexibility index (Phi) is 8.69. The van der Waals surface area contributed by atoms with Crippen molar-refractivity contribution in [3.05, 3.63) is 29.8 Å². The number of carbonyl (C=O) groups excluding carboxylic acids is 1. The molecule has 142 valence electrons. The lowest BCUT2D eigenvalue weighted by molar-refractivity contribution is -0.118. The van der Waals surface area contributed by atoms with Gasteiger partial charge in [0.15, 0.2) is 0 Å². The normalized spacial score (nSPS) is 28.4. The van der Waals surface area contributed by atoms with Gasteiger partial charge in [0.1, 0.15) is 0 Å². The van der Waals surface area contributed by atoms with Crippen LogP contribution in [0.15, 0.2) is 24.3 Å². The molecule has 25 heavy (non-hydrogen) atoms. The van der Waals surface area contributed by atoms with Gasteiger partial charge in [-0.05, 0) is 50.7 Å². The summed E-state index contributed by atoms with van der Waals surface area (Å²) >= 11 is 0. The largest absolute Gasteiger partial charge is 0.328 e. The predicted octanol–water partition coefficient (Wildman–Crippen LogP) is 3.97. The topological polar surface area (TPSA) is 58.4 Å². The van der Waals surface area contributed by atoms with Gasteiger partial charge in [-0.15, -0.1) is 24.8 Å². The highest BCUT2D eigenvalue weighted by molar-refractivity contribution is 5.95. The van der Waals surface area contributed by atoms with Gasteiger partial charge < -0.3 is 16.0 Å². The van der Waals surface area contributed by atoms with Gasteiger partial charge in [0.2, 0.25) is 5.91 Å². The number of carbonyl (C=O) groups is 1. The van der Waals surface area contributed by atoms with Crippen LogP contribution in [-0.2, 0) is 4.79 Å². The molecule has 1 aromatic rings. The van der Waals surface area contributed by atoms with Crippen LogP contribution in [0.5, 0.6) is 0 Å². The number of amides is 1. The first kappa shape index (κ1) is 22.2. The summed E-state index contributed by atoms with van der Waals surface area (Å²) in [5.41, 5.74) is 8.38. The lowest BCUT2D eigenvalue weighted by Crippen LogP contribution is -2.47. The standard InChI is InChI=1S/C19H29N3O.2ClH/c1-3-19(23)22-13(2)12-17(16-6-4-5-7-18(16)22)21-15-10-8-14(20)9-11-15;;/h4-7,13-15,17,21H,3,8-12,20H2,1-2H3;2*1H. The first-order chi connectivity index (χ1) is 11.1. The molecule has 3 N–H and O–H groups in total. The number of para-hydroxylation sites is 1. The maximum atomic E-state index is 12.4. The molecule has 0 spiro atoms. The molecule has 0 radical (unpaired) electrons. The van der Waals surface area contributed by atoms with Crippen molar-refractivity contribution in [2.45, 2.75) is 76.5 Å². The number of fused-ring (bicyclic) bond motifs is 1. The van der Waals surface area contributed by atoms with Crippen LogP contribution in [0.1, 0.15) is 64.0 Å². The van der Waals surface area contributed by atoms with Crippen LogP contribution in [0.3, 0.4) is 0 Å². The van der Waals surface area contributed by atoms with Gasteiger partial charge in [0, 0.05) is 36.3 Å². The van der Waals surface area contributed by atoms with Gasteiger partial charge in [0.05, 0.1) is 0 Å². The number of anilines is 1. The van der Waals surface area contributed by atoms with Gasteiger partial charge in [-0.25, -0.2) is 0 Å². The zero-order valence-corrected chi connectivity index (χ0v) is 16.7. The summed E-state index contributed by atoms with van der Waals surface area (Å²) < 4.78 is 0. The van der Waals surface area contributed by atoms with Gasteiger partial charge >= 0.3 is 0 Å². The highest BCUT2D eigenvalue weighted by atomic mass is 35.5. The summed E-state index contributed by atoms with van der Waals surface area (Å²) in [5.74, 6) is 0.215. The number of halogens is 2. The van der Waals surface area contributed by atoms with E-state index in [1.807, 2.05) is 17.9 Å². The van der Waals surface area contributed by atoms with Crippen molar-refractivity contribution in [3.63, 3.8) is 0 Å². The fourth-order valence-corrected chi connectivity index (χ4v) is 4.09. The molecule has 1 aromatic carbocycles. The van der Waals surface area contributed by atoms with Crippen molar-refractivity contribution in [2.75, 3.05) is 4.90 Å². The average molecular weight is 388 g/mol. The number of rotatable bonds is 3. The van der Waals surface area contributed by atoms with E-state index >= 15 is 0 Å². The Labute approximate surface area is 163 Å². The van der Waals surface area contributed by atoms with Crippen LogP contribution in [0, 0.1) is 0 Å². The summed E-state index contributed by atoms with van der Waals surface area (Å²) in [6.45, 7) is 4.10. The Morgan fingerprint density at radius 2 is 1.84 bits per heavy atom. The molecule has 2 aliphatic rings. The lowest BCUT2D eigenvalue weighted by atomic mass is 9.87. The Morgan fingerprint density at radius 1 is 1.20 bits per heavy atom. The number of nitrogens with zero attached hydrogens (tertiary/aromatic N) is 1. The number of nitrogens with one attached hydrogen (secondary N) is 1. The number of benzene rings is 1. The minimum absolute atomic E-state index is 0. The van der Waals surface area contributed by atoms with Gasteiger partial charge in [0.25, 0.3) is 0 Å². The lowest BCUT2D eigenvalue weighted by Gasteiger charge is -2.41. The van der Waals surface area contributed by atoms with Gasteiger partial charge in [-0.2, -0.15) is 0 Å². The van der Waals surface area contributed by atoms with Crippen LogP contribution < -0.4 is 16.0 Å². The third kappa shape index (κ3) is 4.88. The average Bonchev–Trinajstić information content (AvgIpc) is 2.56. The van der Waals surface area contributed by atoms with Crippen LogP contribution in [0.25, 0.3) is 0 Å². The molecule has 1 heterocycles. The van der Waals surface area contributed by atoms with E-state index in [0.29, 0.717) is 24.5 Å². The molecule has 2 atom stereocenters. The summed E-state index contributed by atoms with van der Waals surface area (Å²) in [6.07, 6.45) is 6.07. The summed E-state index contributed by atoms with van der Waals surface area (Å²) in [6, 6.07) is 9.87. The summed E-state index contributed by atoms with van der Waals surface area (Å²) in [7, 11) is 0. The quantitative estimate of drug-likeness (QED) is 0.824. The fourth-order valence-electron chi connectivity index (χ4n) is 4.09. The van der Waals surface area contributed by atoms with Gasteiger partial charge in [-0.3, -0.25) is 4.79 Å². The second kappa shape index (κ2) is 9.77. The SMILES string of the molecule is CCC(=O)N1c2ccccc2C(NC2CCC(N)CC2)CC1C.Cl.Cl. The smallest absolute Gasteiger partial charge is 0.226 e. The Bertz CT molecular complexity index is 561. The highest BCUT2D eigenvalue weighted by Crippen LogP contribution is 2.38. The number of hydrogen-bond acceptors (Lipinski definition) is 3. The van der Waals surface area contributed by atoms with E-state index in [9.17, 15) is 4.79 Å². The molecule has 4 nitrogen and oxygen atoms in total. The Morgan fingerprint density at radius 3 is 2.48 bits per heavy atom. The maximum Gasteiger partial charge on any atom is 0.226 e. The van der Waals surface area contributed by atoms with Crippen molar-refractivity contribution in [1.29, 1.82) is 0 Å². The Hall–Kier alpha value is -0.810. The van der Waals surface area contributed by atoms with Crippen molar-refractivity contribution in [2.24, 2.45) is 5.73 Å². The van der Waals surface area contributed by atoms with Crippen molar-refractivity contribution in [3.8, 4) is 0 Å². The molecular formula is C19H31Cl2N3O. The zero-order valence-electron chi connectivity index (χ0n) is 15.1. The van der Waals surface area contributed by atoms with Crippen LogP contribution in [0.2, 0.25) is 0 Å². The molecule has 3 rings (SSSR count). The minimum Gasteiger partial charge on any atom is -0.328 e. The van der Waals surface area contributed by atoms with Crippen molar-refractivity contribution < 1.29 is 4.79 Å². The van der Waals surface area contributed by atoms with E-state index in [-0.39, 0.29) is 36.8 Å². The number of nitrogens with two attached hydrogens (primary N) is 1. The van der Waals surface area contributed by atoms with Crippen molar-refractivity contribution in [1.82, 2.24) is 5.32 Å². The molecule has 6 heteroatoms. The van der Waals surface area contributed by atoms with Gasteiger partial charge in [-0.1, -0.05) is 25.1 Å². The third-order valence-corrected chi connectivity index (χ3v) is 5.37. The fraction of sp³-hybridized carbons (Fsp3) is 0.632. The summed E-state index contributed by atoms with van der Waals surface area (Å²) in [5, 5.41) is 3.85. The molecule has 1 amide bonds. The first-order valence-corrected chi connectivity index (χ1v) is 9.02. The minimum atomic E-state index is 0. The van der Waals surface area contributed by atoms with E-state index in [1.54, 1.807) is 0 Å². The van der Waals surface area contributed by atoms with E-state index in [4.69, 9.17) is 5.73 Å². The number of hydrogen-bond donors (Lipinski definition) is 2. The maximum absolute atomic E-state index is 12.4. The van der Waals surface area contributed by atoms with Crippen LogP contribution in [0.4, 0.5) is 5.69 Å². The molecule has 1 saturated carbocycles. The molecule has 0 saturated heterocycles.